The minimum Gasteiger partial charge on any atom is -1.00 e. The molecule has 0 aromatic rings. The van der Waals surface area contributed by atoms with Crippen LogP contribution in [0.2, 0.25) is 0 Å². The predicted octanol–water partition coefficient (Wildman–Crippen LogP) is 1.95. The Morgan fingerprint density at radius 3 is 1.33 bits per heavy atom. The first-order valence-corrected chi connectivity index (χ1v) is 11.6. The molecule has 24 heavy (non-hydrogen) atoms. The van der Waals surface area contributed by atoms with Gasteiger partial charge in [0, 0.05) is 6.16 Å². The summed E-state index contributed by atoms with van der Waals surface area (Å²) in [5, 5.41) is 0. The summed E-state index contributed by atoms with van der Waals surface area (Å²) in [5.74, 6) is 0. The number of unbranched alkanes of at least 4 members (excludes halogenated alkanes) is 9. The highest BCUT2D eigenvalue weighted by Gasteiger charge is 2.19. The van der Waals surface area contributed by atoms with Crippen molar-refractivity contribution in [2.24, 2.45) is 0 Å². The van der Waals surface area contributed by atoms with Crippen molar-refractivity contribution in [1.82, 2.24) is 0 Å². The smallest absolute Gasteiger partial charge is 0.325 e. The van der Waals surface area contributed by atoms with E-state index in [-0.39, 0.29) is 23.1 Å². The molecular formula is C18H41BrNO3P. The van der Waals surface area contributed by atoms with Crippen LogP contribution < -0.4 is 17.0 Å². The van der Waals surface area contributed by atoms with E-state index in [9.17, 15) is 4.57 Å². The second kappa shape index (κ2) is 15.8. The maximum absolute atomic E-state index is 10.7. The number of nitrogens with zero attached hydrogens (tertiary/aromatic N) is 1. The molecule has 0 rings (SSSR count). The average Bonchev–Trinajstić information content (AvgIpc) is 2.52. The average molecular weight is 430 g/mol. The lowest BCUT2D eigenvalue weighted by molar-refractivity contribution is -0.923. The van der Waals surface area contributed by atoms with Gasteiger partial charge in [0.15, 0.2) is 0 Å². The van der Waals surface area contributed by atoms with Crippen LogP contribution in [0.4, 0.5) is 0 Å². The Morgan fingerprint density at radius 1 is 0.667 bits per heavy atom. The highest BCUT2D eigenvalue weighted by molar-refractivity contribution is 7.51. The van der Waals surface area contributed by atoms with Gasteiger partial charge in [0.25, 0.3) is 0 Å². The number of quaternary nitrogens is 1. The Kier molecular flexibility index (Phi) is 17.7. The van der Waals surface area contributed by atoms with Gasteiger partial charge >= 0.3 is 7.60 Å². The van der Waals surface area contributed by atoms with Crippen LogP contribution >= 0.6 is 7.60 Å². The van der Waals surface area contributed by atoms with Gasteiger partial charge in [-0.25, -0.2) is 0 Å². The van der Waals surface area contributed by atoms with Crippen LogP contribution in [0.5, 0.6) is 0 Å². The lowest BCUT2D eigenvalue weighted by Gasteiger charge is -2.35. The fraction of sp³-hybridized carbons (Fsp3) is 1.00. The van der Waals surface area contributed by atoms with Gasteiger partial charge in [-0.2, -0.15) is 0 Å². The first-order chi connectivity index (χ1) is 10.9. The van der Waals surface area contributed by atoms with Crippen molar-refractivity contribution >= 4 is 7.60 Å². The monoisotopic (exact) mass is 429 g/mol. The molecule has 0 bridgehead atoms. The standard InChI is InChI=1S/C18H40NO3P.BrH/c1-4-19(5-2,6-3)17-15-13-11-9-7-8-10-12-14-16-18-23(20,21)22;/h4-18H2,1-3H3,(H-,20,21,22);1H. The molecule has 0 unspecified atom stereocenters. The summed E-state index contributed by atoms with van der Waals surface area (Å²) in [5.41, 5.74) is 0. The molecule has 0 saturated carbocycles. The van der Waals surface area contributed by atoms with Gasteiger partial charge in [-0.05, 0) is 40.0 Å². The summed E-state index contributed by atoms with van der Waals surface area (Å²) in [6.45, 7) is 12.1. The van der Waals surface area contributed by atoms with E-state index < -0.39 is 7.60 Å². The molecule has 0 atom stereocenters. The van der Waals surface area contributed by atoms with Crippen LogP contribution in [-0.4, -0.2) is 46.6 Å². The van der Waals surface area contributed by atoms with Gasteiger partial charge in [-0.1, -0.05) is 44.9 Å². The molecule has 6 heteroatoms. The number of hydrogen-bond donors (Lipinski definition) is 2. The zero-order chi connectivity index (χ0) is 17.6. The van der Waals surface area contributed by atoms with E-state index in [1.807, 2.05) is 0 Å². The van der Waals surface area contributed by atoms with E-state index >= 15 is 0 Å². The predicted molar refractivity (Wildman–Crippen MR) is 99.8 cm³/mol. The van der Waals surface area contributed by atoms with E-state index in [2.05, 4.69) is 20.8 Å². The summed E-state index contributed by atoms with van der Waals surface area (Å²) in [7, 11) is -3.76. The first-order valence-electron chi connectivity index (χ1n) is 9.79. The molecule has 0 heterocycles. The minimum absolute atomic E-state index is 0. The van der Waals surface area contributed by atoms with Crippen molar-refractivity contribution in [2.75, 3.05) is 32.3 Å². The van der Waals surface area contributed by atoms with Gasteiger partial charge in [0.2, 0.25) is 0 Å². The van der Waals surface area contributed by atoms with Crippen LogP contribution in [-0.2, 0) is 4.57 Å². The molecule has 148 valence electrons. The summed E-state index contributed by atoms with van der Waals surface area (Å²) < 4.78 is 12.0. The minimum atomic E-state index is -3.76. The Labute approximate surface area is 160 Å². The zero-order valence-electron chi connectivity index (χ0n) is 16.2. The van der Waals surface area contributed by atoms with Crippen molar-refractivity contribution in [3.05, 3.63) is 0 Å². The van der Waals surface area contributed by atoms with E-state index in [4.69, 9.17) is 9.79 Å². The fourth-order valence-electron chi connectivity index (χ4n) is 3.32. The van der Waals surface area contributed by atoms with Crippen molar-refractivity contribution in [2.45, 2.75) is 85.0 Å². The molecule has 0 spiro atoms. The number of hydrogen-bond acceptors (Lipinski definition) is 1. The Balaban J connectivity index is 0. The van der Waals surface area contributed by atoms with Gasteiger partial charge < -0.3 is 31.3 Å². The molecule has 0 radical (unpaired) electrons. The molecule has 0 aromatic carbocycles. The van der Waals surface area contributed by atoms with Crippen LogP contribution in [0.1, 0.15) is 85.0 Å². The summed E-state index contributed by atoms with van der Waals surface area (Å²) in [4.78, 5) is 17.5. The van der Waals surface area contributed by atoms with Crippen molar-refractivity contribution < 1.29 is 35.8 Å². The molecule has 0 aromatic heterocycles. The SMILES string of the molecule is CC[N+](CC)(CC)CCCCCCCCCCCCP(=O)(O)O.[Br-]. The third-order valence-corrected chi connectivity index (χ3v) is 6.24. The normalized spacial score (nSPS) is 12.2. The second-order valence-corrected chi connectivity index (χ2v) is 8.71. The van der Waals surface area contributed by atoms with Crippen molar-refractivity contribution in [3.8, 4) is 0 Å². The molecule has 2 N–H and O–H groups in total. The third kappa shape index (κ3) is 14.9. The number of rotatable bonds is 16. The van der Waals surface area contributed by atoms with Crippen LogP contribution in [0.15, 0.2) is 0 Å². The second-order valence-electron chi connectivity index (χ2n) is 6.94. The van der Waals surface area contributed by atoms with E-state index in [1.165, 1.54) is 75.6 Å². The van der Waals surface area contributed by atoms with Crippen molar-refractivity contribution in [1.29, 1.82) is 0 Å². The highest BCUT2D eigenvalue weighted by Crippen LogP contribution is 2.35. The van der Waals surface area contributed by atoms with E-state index in [1.54, 1.807) is 0 Å². The molecule has 4 nitrogen and oxygen atoms in total. The maximum Gasteiger partial charge on any atom is 0.325 e. The fourth-order valence-corrected chi connectivity index (χ4v) is 3.96. The van der Waals surface area contributed by atoms with Gasteiger partial charge in [0.1, 0.15) is 0 Å². The van der Waals surface area contributed by atoms with Gasteiger partial charge in [-0.15, -0.1) is 0 Å². The van der Waals surface area contributed by atoms with Crippen LogP contribution in [0.3, 0.4) is 0 Å². The topological polar surface area (TPSA) is 57.5 Å². The Morgan fingerprint density at radius 2 is 1.00 bits per heavy atom. The lowest BCUT2D eigenvalue weighted by atomic mass is 10.1. The molecular weight excluding hydrogens is 389 g/mol. The van der Waals surface area contributed by atoms with E-state index in [0.29, 0.717) is 6.42 Å². The maximum atomic E-state index is 10.7. The lowest BCUT2D eigenvalue weighted by Crippen LogP contribution is -3.00. The Bertz CT molecular complexity index is 311. The van der Waals surface area contributed by atoms with Crippen LogP contribution in [0.25, 0.3) is 0 Å². The van der Waals surface area contributed by atoms with Crippen LogP contribution in [0, 0.1) is 0 Å². The van der Waals surface area contributed by atoms with E-state index in [0.717, 1.165) is 12.8 Å². The summed E-state index contributed by atoms with van der Waals surface area (Å²) >= 11 is 0. The molecule has 0 aliphatic carbocycles. The molecule has 0 saturated heterocycles. The van der Waals surface area contributed by atoms with Crippen molar-refractivity contribution in [3.63, 3.8) is 0 Å². The quantitative estimate of drug-likeness (QED) is 0.224. The van der Waals surface area contributed by atoms with Gasteiger partial charge in [0.05, 0.1) is 26.2 Å². The Hall–Kier alpha value is 0.590. The third-order valence-electron chi connectivity index (χ3n) is 5.34. The molecule has 0 amide bonds. The summed E-state index contributed by atoms with van der Waals surface area (Å²) in [6.07, 6.45) is 12.0. The first kappa shape index (κ1) is 26.8. The largest absolute Gasteiger partial charge is 1.00 e. The summed E-state index contributed by atoms with van der Waals surface area (Å²) in [6, 6.07) is 0. The molecule has 0 fully saturated rings. The molecule has 0 aliphatic heterocycles. The zero-order valence-corrected chi connectivity index (χ0v) is 18.7. The highest BCUT2D eigenvalue weighted by atomic mass is 79.9. The number of halogens is 1. The van der Waals surface area contributed by atoms with Gasteiger partial charge in [-0.3, -0.25) is 4.57 Å². The molecule has 0 aliphatic rings.